The number of nitrogens with zero attached hydrogens (tertiary/aromatic N) is 1. The zero-order chi connectivity index (χ0) is 14.5. The Balaban J connectivity index is 2.15. The minimum Gasteiger partial charge on any atom is -0.497 e. The maximum Gasteiger partial charge on any atom is 0.231 e. The number of carbonyl (C=O) groups is 1. The number of carbonyl (C=O) groups excluding carboxylic acids is 1. The molecule has 0 saturated heterocycles. The van der Waals surface area contributed by atoms with Gasteiger partial charge in [0.15, 0.2) is 0 Å². The summed E-state index contributed by atoms with van der Waals surface area (Å²) in [7, 11) is 1.66. The number of rotatable bonds is 6. The molecule has 0 radical (unpaired) electrons. The second-order valence-corrected chi connectivity index (χ2v) is 6.12. The van der Waals surface area contributed by atoms with Gasteiger partial charge in [-0.1, -0.05) is 28.8 Å². The Morgan fingerprint density at radius 2 is 2.15 bits per heavy atom. The van der Waals surface area contributed by atoms with Gasteiger partial charge in [0.2, 0.25) is 5.91 Å². The van der Waals surface area contributed by atoms with E-state index in [2.05, 4.69) is 20.8 Å². The number of amides is 1. The van der Waals surface area contributed by atoms with E-state index in [9.17, 15) is 4.79 Å². The van der Waals surface area contributed by atoms with Gasteiger partial charge in [0, 0.05) is 17.1 Å². The van der Waals surface area contributed by atoms with Crippen LogP contribution >= 0.6 is 15.9 Å². The lowest BCUT2D eigenvalue weighted by Gasteiger charge is -2.28. The molecule has 2 rings (SSSR count). The molecule has 1 aromatic rings. The quantitative estimate of drug-likeness (QED) is 0.866. The van der Waals surface area contributed by atoms with Gasteiger partial charge in [-0.25, -0.2) is 0 Å². The van der Waals surface area contributed by atoms with Crippen LogP contribution in [0.1, 0.15) is 31.2 Å². The van der Waals surface area contributed by atoms with E-state index in [0.29, 0.717) is 19.1 Å². The van der Waals surface area contributed by atoms with Gasteiger partial charge in [-0.3, -0.25) is 9.69 Å². The lowest BCUT2D eigenvalue weighted by Crippen LogP contribution is -2.39. The largest absolute Gasteiger partial charge is 0.497 e. The fourth-order valence-corrected chi connectivity index (χ4v) is 3.17. The van der Waals surface area contributed by atoms with Crippen LogP contribution in [0.4, 0.5) is 0 Å². The summed E-state index contributed by atoms with van der Waals surface area (Å²) in [5.41, 5.74) is 6.51. The molecule has 0 heterocycles. The lowest BCUT2D eigenvalue weighted by molar-refractivity contribution is -0.119. The van der Waals surface area contributed by atoms with E-state index in [1.165, 1.54) is 12.8 Å². The summed E-state index contributed by atoms with van der Waals surface area (Å²) in [5, 5.41) is 0. The van der Waals surface area contributed by atoms with E-state index in [1.54, 1.807) is 7.11 Å². The first-order valence-corrected chi connectivity index (χ1v) is 7.74. The first kappa shape index (κ1) is 15.3. The van der Waals surface area contributed by atoms with Crippen molar-refractivity contribution in [2.24, 2.45) is 5.73 Å². The predicted octanol–water partition coefficient (Wildman–Crippen LogP) is 2.69. The Morgan fingerprint density at radius 1 is 1.45 bits per heavy atom. The van der Waals surface area contributed by atoms with Crippen molar-refractivity contribution in [1.29, 1.82) is 0 Å². The fourth-order valence-electron chi connectivity index (χ4n) is 2.80. The van der Waals surface area contributed by atoms with Crippen LogP contribution in [0.15, 0.2) is 22.7 Å². The van der Waals surface area contributed by atoms with Gasteiger partial charge in [-0.2, -0.15) is 0 Å². The second-order valence-electron chi connectivity index (χ2n) is 5.27. The first-order valence-electron chi connectivity index (χ1n) is 6.95. The van der Waals surface area contributed by atoms with E-state index >= 15 is 0 Å². The number of methoxy groups -OCH3 is 1. The molecule has 110 valence electrons. The molecule has 0 atom stereocenters. The summed E-state index contributed by atoms with van der Waals surface area (Å²) in [6.07, 6.45) is 4.77. The van der Waals surface area contributed by atoms with Crippen LogP contribution < -0.4 is 10.5 Å². The van der Waals surface area contributed by atoms with Gasteiger partial charge in [-0.15, -0.1) is 0 Å². The standard InChI is InChI=1S/C15H21BrN2O2/c1-20-13-6-7-14(16)11(8-13)9-18(10-15(17)19)12-4-2-3-5-12/h6-8,12H,2-5,9-10H2,1H3,(H2,17,19). The third-order valence-corrected chi connectivity index (χ3v) is 4.60. The fraction of sp³-hybridized carbons (Fsp3) is 0.533. The molecule has 0 aromatic heterocycles. The predicted molar refractivity (Wildman–Crippen MR) is 82.6 cm³/mol. The van der Waals surface area contributed by atoms with E-state index in [4.69, 9.17) is 10.5 Å². The number of primary amides is 1. The zero-order valence-electron chi connectivity index (χ0n) is 11.8. The Labute approximate surface area is 128 Å². The van der Waals surface area contributed by atoms with Crippen LogP contribution in [0.2, 0.25) is 0 Å². The molecule has 1 fully saturated rings. The van der Waals surface area contributed by atoms with Crippen LogP contribution in [0, 0.1) is 0 Å². The highest BCUT2D eigenvalue weighted by atomic mass is 79.9. The highest BCUT2D eigenvalue weighted by Crippen LogP contribution is 2.28. The molecule has 20 heavy (non-hydrogen) atoms. The number of ether oxygens (including phenoxy) is 1. The van der Waals surface area contributed by atoms with E-state index in [0.717, 1.165) is 28.6 Å². The highest BCUT2D eigenvalue weighted by Gasteiger charge is 2.24. The Morgan fingerprint density at radius 3 is 2.75 bits per heavy atom. The van der Waals surface area contributed by atoms with Crippen molar-refractivity contribution in [3.63, 3.8) is 0 Å². The average Bonchev–Trinajstić information content (AvgIpc) is 2.94. The molecule has 2 N–H and O–H groups in total. The van der Waals surface area contributed by atoms with Gasteiger partial charge in [0.05, 0.1) is 13.7 Å². The lowest BCUT2D eigenvalue weighted by atomic mass is 10.1. The van der Waals surface area contributed by atoms with Gasteiger partial charge in [-0.05, 0) is 36.6 Å². The maximum absolute atomic E-state index is 11.3. The van der Waals surface area contributed by atoms with Crippen LogP contribution in [-0.2, 0) is 11.3 Å². The number of halogens is 1. The van der Waals surface area contributed by atoms with Crippen molar-refractivity contribution in [3.8, 4) is 5.75 Å². The van der Waals surface area contributed by atoms with Gasteiger partial charge in [0.1, 0.15) is 5.75 Å². The number of hydrogen-bond acceptors (Lipinski definition) is 3. The summed E-state index contributed by atoms with van der Waals surface area (Å²) < 4.78 is 6.30. The van der Waals surface area contributed by atoms with E-state index in [-0.39, 0.29) is 5.91 Å². The molecule has 1 aliphatic carbocycles. The molecule has 0 bridgehead atoms. The minimum absolute atomic E-state index is 0.268. The molecule has 1 amide bonds. The van der Waals surface area contributed by atoms with Crippen LogP contribution in [0.5, 0.6) is 5.75 Å². The van der Waals surface area contributed by atoms with Crippen LogP contribution in [0.3, 0.4) is 0 Å². The number of benzene rings is 1. The zero-order valence-corrected chi connectivity index (χ0v) is 13.4. The van der Waals surface area contributed by atoms with Gasteiger partial charge >= 0.3 is 0 Å². The van der Waals surface area contributed by atoms with Crippen molar-refractivity contribution in [2.45, 2.75) is 38.3 Å². The molecule has 0 spiro atoms. The van der Waals surface area contributed by atoms with Crippen molar-refractivity contribution in [1.82, 2.24) is 4.90 Å². The van der Waals surface area contributed by atoms with Crippen LogP contribution in [-0.4, -0.2) is 30.5 Å². The summed E-state index contributed by atoms with van der Waals surface area (Å²) in [6.45, 7) is 1.03. The van der Waals surface area contributed by atoms with Crippen molar-refractivity contribution >= 4 is 21.8 Å². The van der Waals surface area contributed by atoms with Crippen molar-refractivity contribution in [3.05, 3.63) is 28.2 Å². The molecule has 1 saturated carbocycles. The van der Waals surface area contributed by atoms with E-state index in [1.807, 2.05) is 18.2 Å². The third-order valence-electron chi connectivity index (χ3n) is 3.83. The Kier molecular flexibility index (Phi) is 5.43. The normalized spacial score (nSPS) is 15.8. The smallest absolute Gasteiger partial charge is 0.231 e. The summed E-state index contributed by atoms with van der Waals surface area (Å²) in [4.78, 5) is 13.5. The Bertz CT molecular complexity index is 473. The monoisotopic (exact) mass is 340 g/mol. The van der Waals surface area contributed by atoms with Crippen molar-refractivity contribution < 1.29 is 9.53 Å². The molecule has 5 heteroatoms. The molecular weight excluding hydrogens is 320 g/mol. The van der Waals surface area contributed by atoms with Crippen LogP contribution in [0.25, 0.3) is 0 Å². The van der Waals surface area contributed by atoms with Gasteiger partial charge in [0.25, 0.3) is 0 Å². The molecule has 4 nitrogen and oxygen atoms in total. The second kappa shape index (κ2) is 7.09. The molecular formula is C15H21BrN2O2. The highest BCUT2D eigenvalue weighted by molar-refractivity contribution is 9.10. The minimum atomic E-state index is -0.268. The average molecular weight is 341 g/mol. The molecule has 0 unspecified atom stereocenters. The first-order chi connectivity index (χ1) is 9.60. The summed E-state index contributed by atoms with van der Waals surface area (Å²) >= 11 is 3.56. The molecule has 1 aromatic carbocycles. The SMILES string of the molecule is COc1ccc(Br)c(CN(CC(N)=O)C2CCCC2)c1. The Hall–Kier alpha value is -1.07. The number of nitrogens with two attached hydrogens (primary N) is 1. The van der Waals surface area contributed by atoms with Crippen molar-refractivity contribution in [2.75, 3.05) is 13.7 Å². The summed E-state index contributed by atoms with van der Waals surface area (Å²) in [5.74, 6) is 0.560. The number of hydrogen-bond donors (Lipinski definition) is 1. The van der Waals surface area contributed by atoms with E-state index < -0.39 is 0 Å². The summed E-state index contributed by atoms with van der Waals surface area (Å²) in [6, 6.07) is 6.36. The maximum atomic E-state index is 11.3. The molecule has 1 aliphatic rings. The van der Waals surface area contributed by atoms with Gasteiger partial charge < -0.3 is 10.5 Å². The third kappa shape index (κ3) is 3.96. The topological polar surface area (TPSA) is 55.6 Å². The molecule has 0 aliphatic heterocycles.